The summed E-state index contributed by atoms with van der Waals surface area (Å²) in [7, 11) is 2.92. The Hall–Kier alpha value is -1.32. The molecule has 1 saturated carbocycles. The number of rotatable bonds is 4. The van der Waals surface area contributed by atoms with Gasteiger partial charge in [0.25, 0.3) is 0 Å². The molecular weight excluding hydrogens is 292 g/mol. The van der Waals surface area contributed by atoms with Gasteiger partial charge in [-0.3, -0.25) is 9.59 Å². The zero-order valence-corrected chi connectivity index (χ0v) is 15.1. The van der Waals surface area contributed by atoms with Crippen molar-refractivity contribution in [2.75, 3.05) is 14.2 Å². The van der Waals surface area contributed by atoms with E-state index in [-0.39, 0.29) is 23.3 Å². The van der Waals surface area contributed by atoms with Gasteiger partial charge in [0.15, 0.2) is 0 Å². The minimum atomic E-state index is -0.141. The van der Waals surface area contributed by atoms with Crippen LogP contribution in [0.5, 0.6) is 0 Å². The molecule has 0 aliphatic heterocycles. The van der Waals surface area contributed by atoms with E-state index in [0.717, 1.165) is 25.7 Å². The summed E-state index contributed by atoms with van der Waals surface area (Å²) in [5, 5.41) is 0. The van der Waals surface area contributed by atoms with Gasteiger partial charge in [-0.2, -0.15) is 0 Å². The van der Waals surface area contributed by atoms with Crippen LogP contribution in [0.15, 0.2) is 11.6 Å². The maximum Gasteiger partial charge on any atom is 0.309 e. The first-order valence-electron chi connectivity index (χ1n) is 8.70. The van der Waals surface area contributed by atoms with Crippen molar-refractivity contribution >= 4 is 11.9 Å². The molecule has 4 nitrogen and oxygen atoms in total. The van der Waals surface area contributed by atoms with Crippen LogP contribution >= 0.6 is 0 Å². The van der Waals surface area contributed by atoms with Crippen LogP contribution in [-0.2, 0) is 19.1 Å². The fourth-order valence-electron chi connectivity index (χ4n) is 4.61. The summed E-state index contributed by atoms with van der Waals surface area (Å²) in [4.78, 5) is 23.6. The lowest BCUT2D eigenvalue weighted by Gasteiger charge is -2.50. The molecule has 0 N–H and O–H groups in total. The van der Waals surface area contributed by atoms with Gasteiger partial charge in [0.05, 0.1) is 20.1 Å². The lowest BCUT2D eigenvalue weighted by atomic mass is 9.54. The molecule has 0 aromatic heterocycles. The summed E-state index contributed by atoms with van der Waals surface area (Å²) in [6.45, 7) is 6.74. The zero-order valence-electron chi connectivity index (χ0n) is 15.1. The number of allylic oxidation sites excluding steroid dienone is 2. The minimum Gasteiger partial charge on any atom is -0.469 e. The highest BCUT2D eigenvalue weighted by molar-refractivity contribution is 5.73. The number of carbonyl (C=O) groups is 2. The first-order chi connectivity index (χ1) is 10.8. The van der Waals surface area contributed by atoms with Crippen LogP contribution in [0.1, 0.15) is 52.9 Å². The largest absolute Gasteiger partial charge is 0.469 e. The predicted octanol–water partition coefficient (Wildman–Crippen LogP) is 3.75. The van der Waals surface area contributed by atoms with E-state index in [2.05, 4.69) is 26.8 Å². The van der Waals surface area contributed by atoms with Crippen molar-refractivity contribution in [2.24, 2.45) is 29.1 Å². The Bertz CT molecular complexity index is 496. The van der Waals surface area contributed by atoms with Gasteiger partial charge in [-0.25, -0.2) is 0 Å². The van der Waals surface area contributed by atoms with Crippen LogP contribution in [0.25, 0.3) is 0 Å². The van der Waals surface area contributed by atoms with Crippen molar-refractivity contribution in [1.29, 1.82) is 0 Å². The van der Waals surface area contributed by atoms with E-state index >= 15 is 0 Å². The molecule has 1 unspecified atom stereocenters. The summed E-state index contributed by atoms with van der Waals surface area (Å²) in [5.74, 6) is 0.989. The van der Waals surface area contributed by atoms with Gasteiger partial charge < -0.3 is 9.47 Å². The van der Waals surface area contributed by atoms with Crippen molar-refractivity contribution in [1.82, 2.24) is 0 Å². The Kier molecular flexibility index (Phi) is 5.53. The van der Waals surface area contributed by atoms with Gasteiger partial charge in [-0.1, -0.05) is 32.4 Å². The molecule has 4 heteroatoms. The Morgan fingerprint density at radius 2 is 1.91 bits per heavy atom. The average molecular weight is 322 g/mol. The molecule has 0 heterocycles. The van der Waals surface area contributed by atoms with Gasteiger partial charge in [-0.05, 0) is 48.9 Å². The number of methoxy groups -OCH3 is 2. The van der Waals surface area contributed by atoms with Gasteiger partial charge >= 0.3 is 11.9 Å². The molecular formula is C19H30O4. The second kappa shape index (κ2) is 7.06. The number of hydrogen-bond acceptors (Lipinski definition) is 4. The molecule has 23 heavy (non-hydrogen) atoms. The minimum absolute atomic E-state index is 0.0203. The highest BCUT2D eigenvalue weighted by atomic mass is 16.5. The smallest absolute Gasteiger partial charge is 0.309 e. The Labute approximate surface area is 139 Å². The lowest BCUT2D eigenvalue weighted by molar-refractivity contribution is -0.148. The van der Waals surface area contributed by atoms with E-state index in [1.165, 1.54) is 19.8 Å². The molecule has 5 atom stereocenters. The van der Waals surface area contributed by atoms with E-state index in [1.54, 1.807) is 0 Å². The molecule has 1 fully saturated rings. The number of fused-ring (bicyclic) bond motifs is 1. The second-order valence-corrected chi connectivity index (χ2v) is 7.46. The van der Waals surface area contributed by atoms with Crippen LogP contribution in [0.4, 0.5) is 0 Å². The first-order valence-corrected chi connectivity index (χ1v) is 8.70. The van der Waals surface area contributed by atoms with Gasteiger partial charge in [0.2, 0.25) is 0 Å². The van der Waals surface area contributed by atoms with E-state index in [4.69, 9.17) is 9.47 Å². The first kappa shape index (κ1) is 18.0. The quantitative estimate of drug-likeness (QED) is 0.584. The van der Waals surface area contributed by atoms with E-state index in [9.17, 15) is 9.59 Å². The molecule has 0 aromatic carbocycles. The number of carbonyl (C=O) groups excluding carboxylic acids is 2. The van der Waals surface area contributed by atoms with Crippen molar-refractivity contribution in [3.8, 4) is 0 Å². The third-order valence-electron chi connectivity index (χ3n) is 6.50. The maximum absolute atomic E-state index is 12.0. The highest BCUT2D eigenvalue weighted by Crippen LogP contribution is 2.55. The molecule has 2 aliphatic rings. The zero-order chi connectivity index (χ0) is 17.2. The monoisotopic (exact) mass is 322 g/mol. The fourth-order valence-corrected chi connectivity index (χ4v) is 4.61. The molecule has 0 amide bonds. The Balaban J connectivity index is 2.25. The molecule has 2 aliphatic carbocycles. The van der Waals surface area contributed by atoms with Crippen LogP contribution in [0.3, 0.4) is 0 Å². The predicted molar refractivity (Wildman–Crippen MR) is 88.6 cm³/mol. The van der Waals surface area contributed by atoms with Crippen LogP contribution in [0, 0.1) is 29.1 Å². The van der Waals surface area contributed by atoms with Crippen LogP contribution in [-0.4, -0.2) is 26.2 Å². The standard InChI is InChI=1S/C19H30O4/c1-12-6-7-14-13(2)15(18(21)23-5)8-9-16(14)19(12,3)11-10-17(20)22-4/h9,12-15H,6-8,10-11H2,1-5H3/t12-,13+,14?,15+,19+/m1/s1. The van der Waals surface area contributed by atoms with E-state index in [1.807, 2.05) is 0 Å². The average Bonchev–Trinajstić information content (AvgIpc) is 2.56. The maximum atomic E-state index is 12.0. The molecule has 2 rings (SSSR count). The summed E-state index contributed by atoms with van der Waals surface area (Å²) >= 11 is 0. The topological polar surface area (TPSA) is 52.6 Å². The molecule has 130 valence electrons. The van der Waals surface area contributed by atoms with Crippen molar-refractivity contribution in [3.63, 3.8) is 0 Å². The van der Waals surface area contributed by atoms with Crippen molar-refractivity contribution in [2.45, 2.75) is 52.9 Å². The molecule has 0 saturated heterocycles. The molecule has 0 bridgehead atoms. The van der Waals surface area contributed by atoms with Crippen molar-refractivity contribution < 1.29 is 19.1 Å². The molecule has 0 radical (unpaired) electrons. The lowest BCUT2D eigenvalue weighted by Crippen LogP contribution is -2.43. The van der Waals surface area contributed by atoms with Gasteiger partial charge in [0.1, 0.15) is 0 Å². The normalized spacial score (nSPS) is 36.7. The summed E-state index contributed by atoms with van der Waals surface area (Å²) in [5.41, 5.74) is 1.47. The van der Waals surface area contributed by atoms with E-state index in [0.29, 0.717) is 24.2 Å². The van der Waals surface area contributed by atoms with Crippen molar-refractivity contribution in [3.05, 3.63) is 11.6 Å². The fraction of sp³-hybridized carbons (Fsp3) is 0.789. The number of esters is 2. The third kappa shape index (κ3) is 3.31. The van der Waals surface area contributed by atoms with Gasteiger partial charge in [-0.15, -0.1) is 0 Å². The second-order valence-electron chi connectivity index (χ2n) is 7.46. The molecule has 0 aromatic rings. The molecule has 0 spiro atoms. The van der Waals surface area contributed by atoms with Gasteiger partial charge in [0, 0.05) is 6.42 Å². The van der Waals surface area contributed by atoms with E-state index < -0.39 is 0 Å². The number of ether oxygens (including phenoxy) is 2. The third-order valence-corrected chi connectivity index (χ3v) is 6.50. The van der Waals surface area contributed by atoms with Crippen LogP contribution in [0.2, 0.25) is 0 Å². The Morgan fingerprint density at radius 1 is 1.22 bits per heavy atom. The summed E-state index contributed by atoms with van der Waals surface area (Å²) in [6, 6.07) is 0. The summed E-state index contributed by atoms with van der Waals surface area (Å²) in [6.07, 6.45) is 6.54. The van der Waals surface area contributed by atoms with Crippen LogP contribution < -0.4 is 0 Å². The number of hydrogen-bond donors (Lipinski definition) is 0. The summed E-state index contributed by atoms with van der Waals surface area (Å²) < 4.78 is 9.80. The SMILES string of the molecule is COC(=O)CC[C@]1(C)C2=CC[C@H](C(=O)OC)[C@@H](C)C2CC[C@H]1C. The Morgan fingerprint density at radius 3 is 2.52 bits per heavy atom. The highest BCUT2D eigenvalue weighted by Gasteiger charge is 2.47.